The molecule has 0 aromatic rings. The van der Waals surface area contributed by atoms with Crippen molar-refractivity contribution in [2.24, 2.45) is 17.8 Å². The molecule has 0 aliphatic heterocycles. The predicted octanol–water partition coefficient (Wildman–Crippen LogP) is 6.03. The van der Waals surface area contributed by atoms with Gasteiger partial charge in [0.05, 0.1) is 0 Å². The normalized spacial score (nSPS) is 22.4. The zero-order valence-corrected chi connectivity index (χ0v) is 14.3. The van der Waals surface area contributed by atoms with Crippen LogP contribution in [-0.2, 0) is 4.79 Å². The van der Waals surface area contributed by atoms with Gasteiger partial charge in [0.2, 0.25) is 0 Å². The van der Waals surface area contributed by atoms with Crippen molar-refractivity contribution >= 4 is 5.78 Å². The van der Waals surface area contributed by atoms with Crippen LogP contribution in [0.2, 0.25) is 0 Å². The van der Waals surface area contributed by atoms with Crippen molar-refractivity contribution in [3.63, 3.8) is 0 Å². The number of rotatable bonds is 10. The van der Waals surface area contributed by atoms with Crippen LogP contribution in [0, 0.1) is 17.8 Å². The predicted molar refractivity (Wildman–Crippen MR) is 95.8 cm³/mol. The van der Waals surface area contributed by atoms with Crippen molar-refractivity contribution in [1.29, 1.82) is 0 Å². The lowest BCUT2D eigenvalue weighted by atomic mass is 9.75. The Balaban J connectivity index is 2.37. The van der Waals surface area contributed by atoms with Gasteiger partial charge in [0.25, 0.3) is 0 Å². The number of allylic oxidation sites excluding steroid dienone is 3. The van der Waals surface area contributed by atoms with Gasteiger partial charge in [-0.1, -0.05) is 64.8 Å². The van der Waals surface area contributed by atoms with E-state index in [1.54, 1.807) is 0 Å². The number of hydrogen-bond donors (Lipinski definition) is 0. The van der Waals surface area contributed by atoms with Gasteiger partial charge in [-0.25, -0.2) is 0 Å². The van der Waals surface area contributed by atoms with Crippen molar-refractivity contribution in [2.75, 3.05) is 0 Å². The molecule has 0 aromatic carbocycles. The van der Waals surface area contributed by atoms with Crippen LogP contribution in [0.4, 0.5) is 0 Å². The van der Waals surface area contributed by atoms with Gasteiger partial charge in [-0.3, -0.25) is 4.79 Å². The Morgan fingerprint density at radius 1 is 1.18 bits per heavy atom. The molecule has 0 radical (unpaired) electrons. The van der Waals surface area contributed by atoms with E-state index in [0.717, 1.165) is 43.1 Å². The summed E-state index contributed by atoms with van der Waals surface area (Å²) in [5.41, 5.74) is 4.10. The first-order valence-electron chi connectivity index (χ1n) is 8.82. The summed E-state index contributed by atoms with van der Waals surface area (Å²) in [5, 5.41) is 0. The molecule has 1 fully saturated rings. The van der Waals surface area contributed by atoms with Gasteiger partial charge < -0.3 is 0 Å². The maximum atomic E-state index is 11.9. The van der Waals surface area contributed by atoms with E-state index in [1.165, 1.54) is 38.2 Å². The SMILES string of the molecule is C=C=C(C=C)CCC1CCC(CC(CCC)C(=O)C=C)CC1. The highest BCUT2D eigenvalue weighted by molar-refractivity contribution is 5.91. The Kier molecular flexibility index (Phi) is 8.85. The summed E-state index contributed by atoms with van der Waals surface area (Å²) in [6, 6.07) is 0. The third kappa shape index (κ3) is 6.20. The van der Waals surface area contributed by atoms with Crippen LogP contribution in [0.25, 0.3) is 0 Å². The summed E-state index contributed by atoms with van der Waals surface area (Å²) >= 11 is 0. The third-order valence-corrected chi connectivity index (χ3v) is 5.12. The molecule has 1 heteroatoms. The van der Waals surface area contributed by atoms with Gasteiger partial charge in [-0.15, -0.1) is 5.73 Å². The summed E-state index contributed by atoms with van der Waals surface area (Å²) in [7, 11) is 0. The lowest BCUT2D eigenvalue weighted by Gasteiger charge is -2.30. The molecule has 0 amide bonds. The molecule has 0 aromatic heterocycles. The smallest absolute Gasteiger partial charge is 0.158 e. The molecule has 1 nitrogen and oxygen atoms in total. The van der Waals surface area contributed by atoms with E-state index in [2.05, 4.69) is 32.4 Å². The molecule has 0 spiro atoms. The molecule has 0 bridgehead atoms. The summed E-state index contributed by atoms with van der Waals surface area (Å²) in [5.74, 6) is 2.00. The minimum Gasteiger partial charge on any atom is -0.295 e. The van der Waals surface area contributed by atoms with Gasteiger partial charge in [0.15, 0.2) is 5.78 Å². The minimum absolute atomic E-state index is 0.208. The molecule has 1 rings (SSSR count). The van der Waals surface area contributed by atoms with E-state index in [0.29, 0.717) is 0 Å². The molecule has 0 heterocycles. The molecule has 22 heavy (non-hydrogen) atoms. The van der Waals surface area contributed by atoms with Crippen molar-refractivity contribution in [3.05, 3.63) is 43.2 Å². The molecule has 1 saturated carbocycles. The highest BCUT2D eigenvalue weighted by Crippen LogP contribution is 2.36. The maximum absolute atomic E-state index is 11.9. The van der Waals surface area contributed by atoms with Crippen LogP contribution in [0.1, 0.15) is 64.7 Å². The Bertz CT molecular complexity index is 417. The van der Waals surface area contributed by atoms with Gasteiger partial charge in [0, 0.05) is 5.92 Å². The average Bonchev–Trinajstić information content (AvgIpc) is 2.56. The van der Waals surface area contributed by atoms with E-state index < -0.39 is 0 Å². The second-order valence-electron chi connectivity index (χ2n) is 6.66. The first-order chi connectivity index (χ1) is 10.6. The van der Waals surface area contributed by atoms with Crippen molar-refractivity contribution in [2.45, 2.75) is 64.7 Å². The van der Waals surface area contributed by atoms with Crippen molar-refractivity contribution < 1.29 is 4.79 Å². The lowest BCUT2D eigenvalue weighted by Crippen LogP contribution is -2.21. The summed E-state index contributed by atoms with van der Waals surface area (Å²) in [6.07, 6.45) is 14.0. The average molecular weight is 300 g/mol. The van der Waals surface area contributed by atoms with Crippen LogP contribution >= 0.6 is 0 Å². The van der Waals surface area contributed by atoms with Crippen molar-refractivity contribution in [1.82, 2.24) is 0 Å². The fourth-order valence-electron chi connectivity index (χ4n) is 3.67. The third-order valence-electron chi connectivity index (χ3n) is 5.12. The summed E-state index contributed by atoms with van der Waals surface area (Å²) in [4.78, 5) is 11.9. The van der Waals surface area contributed by atoms with E-state index >= 15 is 0 Å². The molecule has 1 aliphatic carbocycles. The second-order valence-corrected chi connectivity index (χ2v) is 6.66. The Labute approximate surface area is 136 Å². The molecule has 0 N–H and O–H groups in total. The maximum Gasteiger partial charge on any atom is 0.158 e. The van der Waals surface area contributed by atoms with Crippen LogP contribution in [-0.4, -0.2) is 5.78 Å². The van der Waals surface area contributed by atoms with Crippen LogP contribution in [0.5, 0.6) is 0 Å². The molecular formula is C21H32O. The van der Waals surface area contributed by atoms with Crippen LogP contribution in [0.3, 0.4) is 0 Å². The van der Waals surface area contributed by atoms with E-state index in [1.807, 2.05) is 6.08 Å². The lowest BCUT2D eigenvalue weighted by molar-refractivity contribution is -0.119. The number of ketones is 1. The van der Waals surface area contributed by atoms with Crippen LogP contribution in [0.15, 0.2) is 43.2 Å². The van der Waals surface area contributed by atoms with Gasteiger partial charge in [0.1, 0.15) is 0 Å². The second kappa shape index (κ2) is 10.4. The van der Waals surface area contributed by atoms with Gasteiger partial charge >= 0.3 is 0 Å². The van der Waals surface area contributed by atoms with E-state index in [9.17, 15) is 4.79 Å². The Morgan fingerprint density at radius 2 is 1.82 bits per heavy atom. The van der Waals surface area contributed by atoms with Crippen molar-refractivity contribution in [3.8, 4) is 0 Å². The van der Waals surface area contributed by atoms with Gasteiger partial charge in [-0.2, -0.15) is 0 Å². The number of hydrogen-bond acceptors (Lipinski definition) is 1. The zero-order valence-electron chi connectivity index (χ0n) is 14.3. The largest absolute Gasteiger partial charge is 0.295 e. The fourth-order valence-corrected chi connectivity index (χ4v) is 3.67. The number of carbonyl (C=O) groups excluding carboxylic acids is 1. The number of carbonyl (C=O) groups is 1. The molecule has 1 unspecified atom stereocenters. The van der Waals surface area contributed by atoms with Crippen LogP contribution < -0.4 is 0 Å². The summed E-state index contributed by atoms with van der Waals surface area (Å²) < 4.78 is 0. The standard InChI is InChI=1S/C21H32O/c1-5-9-20(21(22)8-4)16-19-14-12-18(13-15-19)11-10-17(6-2)7-3/h6,8,18-20H,2-5,9-16H2,1H3. The minimum atomic E-state index is 0.208. The first kappa shape index (κ1) is 18.7. The zero-order chi connectivity index (χ0) is 16.4. The summed E-state index contributed by atoms with van der Waals surface area (Å²) in [6.45, 7) is 13.3. The monoisotopic (exact) mass is 300 g/mol. The molecule has 1 atom stereocenters. The molecule has 122 valence electrons. The molecule has 0 saturated heterocycles. The van der Waals surface area contributed by atoms with E-state index in [-0.39, 0.29) is 11.7 Å². The highest BCUT2D eigenvalue weighted by Gasteiger charge is 2.25. The highest BCUT2D eigenvalue weighted by atomic mass is 16.1. The Hall–Kier alpha value is -1.33. The Morgan fingerprint density at radius 3 is 2.32 bits per heavy atom. The topological polar surface area (TPSA) is 17.1 Å². The molecular weight excluding hydrogens is 268 g/mol. The quantitative estimate of drug-likeness (QED) is 0.273. The fraction of sp³-hybridized carbons (Fsp3) is 0.619. The first-order valence-corrected chi connectivity index (χ1v) is 8.82. The molecule has 1 aliphatic rings. The van der Waals surface area contributed by atoms with Gasteiger partial charge in [-0.05, 0) is 49.2 Å². The van der Waals surface area contributed by atoms with E-state index in [4.69, 9.17) is 0 Å².